The van der Waals surface area contributed by atoms with Crippen LogP contribution in [0, 0.1) is 0 Å². The van der Waals surface area contributed by atoms with E-state index in [0.717, 1.165) is 42.9 Å². The van der Waals surface area contributed by atoms with Crippen molar-refractivity contribution >= 4 is 23.4 Å². The summed E-state index contributed by atoms with van der Waals surface area (Å²) >= 11 is 0. The Balaban J connectivity index is 1.63. The summed E-state index contributed by atoms with van der Waals surface area (Å²) in [7, 11) is 3.14. The van der Waals surface area contributed by atoms with Crippen molar-refractivity contribution in [2.24, 2.45) is 0 Å². The van der Waals surface area contributed by atoms with Gasteiger partial charge in [-0.3, -0.25) is 19.3 Å². The van der Waals surface area contributed by atoms with Crippen LogP contribution in [0.25, 0.3) is 0 Å². The summed E-state index contributed by atoms with van der Waals surface area (Å²) in [5, 5.41) is 5.61. The smallest absolute Gasteiger partial charge is 0.245 e. The van der Waals surface area contributed by atoms with E-state index in [1.807, 2.05) is 41.3 Å². The summed E-state index contributed by atoms with van der Waals surface area (Å²) in [6.45, 7) is 6.52. The minimum Gasteiger partial charge on any atom is -0.493 e. The Hall–Kier alpha value is -3.59. The van der Waals surface area contributed by atoms with Crippen LogP contribution in [-0.2, 0) is 27.3 Å². The molecule has 2 aromatic carbocycles. The van der Waals surface area contributed by atoms with Gasteiger partial charge in [0.25, 0.3) is 0 Å². The largest absolute Gasteiger partial charge is 0.493 e. The minimum absolute atomic E-state index is 0.0819. The Labute approximate surface area is 212 Å². The Morgan fingerprint density at radius 3 is 2.19 bits per heavy atom. The van der Waals surface area contributed by atoms with E-state index in [2.05, 4.69) is 15.5 Å². The van der Waals surface area contributed by atoms with Gasteiger partial charge in [0.05, 0.1) is 14.2 Å². The molecule has 9 nitrogen and oxygen atoms in total. The lowest BCUT2D eigenvalue weighted by Gasteiger charge is -2.27. The number of ether oxygens (including phenoxy) is 2. The van der Waals surface area contributed by atoms with Crippen molar-refractivity contribution in [1.29, 1.82) is 0 Å². The first-order chi connectivity index (χ1) is 17.3. The van der Waals surface area contributed by atoms with Crippen LogP contribution in [-0.4, -0.2) is 74.0 Å². The molecule has 1 atom stereocenters. The number of nitrogens with one attached hydrogen (secondary N) is 2. The zero-order valence-corrected chi connectivity index (χ0v) is 21.5. The fraction of sp³-hybridized carbons (Fsp3) is 0.444. The monoisotopic (exact) mass is 496 g/mol. The molecular weight excluding hydrogens is 460 g/mol. The van der Waals surface area contributed by atoms with Gasteiger partial charge in [0.2, 0.25) is 17.7 Å². The van der Waals surface area contributed by atoms with E-state index in [4.69, 9.17) is 9.47 Å². The number of benzene rings is 2. The number of rotatable bonds is 9. The maximum Gasteiger partial charge on any atom is 0.245 e. The first-order valence-electron chi connectivity index (χ1n) is 12.1. The van der Waals surface area contributed by atoms with Crippen molar-refractivity contribution in [1.82, 2.24) is 15.1 Å². The molecule has 0 aliphatic carbocycles. The first-order valence-corrected chi connectivity index (χ1v) is 12.1. The number of hydrogen-bond acceptors (Lipinski definition) is 6. The Morgan fingerprint density at radius 1 is 0.861 bits per heavy atom. The Morgan fingerprint density at radius 2 is 1.56 bits per heavy atom. The van der Waals surface area contributed by atoms with Crippen molar-refractivity contribution < 1.29 is 23.9 Å². The molecule has 0 bridgehead atoms. The fourth-order valence-corrected chi connectivity index (χ4v) is 4.41. The van der Waals surface area contributed by atoms with Crippen LogP contribution < -0.4 is 20.1 Å². The van der Waals surface area contributed by atoms with E-state index in [9.17, 15) is 14.4 Å². The molecule has 194 valence electrons. The van der Waals surface area contributed by atoms with E-state index in [1.54, 1.807) is 20.3 Å². The molecular formula is C27H36N4O5. The first kappa shape index (κ1) is 27.0. The van der Waals surface area contributed by atoms with Crippen molar-refractivity contribution in [2.45, 2.75) is 39.3 Å². The van der Waals surface area contributed by atoms with Crippen LogP contribution >= 0.6 is 0 Å². The van der Waals surface area contributed by atoms with Crippen molar-refractivity contribution in [2.75, 3.05) is 45.7 Å². The fourth-order valence-electron chi connectivity index (χ4n) is 4.41. The molecule has 2 aromatic rings. The highest BCUT2D eigenvalue weighted by atomic mass is 16.5. The molecule has 0 radical (unpaired) electrons. The van der Waals surface area contributed by atoms with Gasteiger partial charge in [-0.15, -0.1) is 0 Å². The predicted octanol–water partition coefficient (Wildman–Crippen LogP) is 2.44. The number of nitrogens with zero attached hydrogens (tertiary/aromatic N) is 2. The highest BCUT2D eigenvalue weighted by Crippen LogP contribution is 2.28. The summed E-state index contributed by atoms with van der Waals surface area (Å²) in [5.74, 6) is 0.777. The Bertz CT molecular complexity index is 1060. The topological polar surface area (TPSA) is 100 Å². The summed E-state index contributed by atoms with van der Waals surface area (Å²) in [6, 6.07) is 12.7. The molecule has 1 heterocycles. The number of carbonyl (C=O) groups is 3. The van der Waals surface area contributed by atoms with Gasteiger partial charge in [0, 0.05) is 58.7 Å². The third-order valence-electron chi connectivity index (χ3n) is 6.14. The highest BCUT2D eigenvalue weighted by molar-refractivity contribution is 5.88. The standard InChI is InChI=1S/C27H36N4O5/c1-19(32)28-23-9-6-21(7-10-23)18-30-12-5-13-31(15-14-30)27(34)24(29-20(2)33)16-22-8-11-25(35-3)26(17-22)36-4/h6-11,17,24H,5,12-16,18H2,1-4H3,(H,28,32)(H,29,33). The third kappa shape index (κ3) is 7.71. The van der Waals surface area contributed by atoms with Gasteiger partial charge in [-0.1, -0.05) is 18.2 Å². The third-order valence-corrected chi connectivity index (χ3v) is 6.14. The zero-order chi connectivity index (χ0) is 26.1. The molecule has 3 amide bonds. The van der Waals surface area contributed by atoms with Crippen molar-refractivity contribution in [3.05, 3.63) is 53.6 Å². The molecule has 1 aliphatic heterocycles. The molecule has 1 unspecified atom stereocenters. The second kappa shape index (κ2) is 12.9. The average molecular weight is 497 g/mol. The van der Waals surface area contributed by atoms with E-state index >= 15 is 0 Å². The summed E-state index contributed by atoms with van der Waals surface area (Å²) in [4.78, 5) is 40.8. The Kier molecular flexibility index (Phi) is 9.69. The molecule has 1 fully saturated rings. The maximum absolute atomic E-state index is 13.5. The van der Waals surface area contributed by atoms with E-state index in [0.29, 0.717) is 31.0 Å². The van der Waals surface area contributed by atoms with Crippen LogP contribution in [0.4, 0.5) is 5.69 Å². The number of amides is 3. The van der Waals surface area contributed by atoms with E-state index in [-0.39, 0.29) is 17.7 Å². The number of anilines is 1. The van der Waals surface area contributed by atoms with Gasteiger partial charge in [-0.25, -0.2) is 0 Å². The van der Waals surface area contributed by atoms with Crippen LogP contribution in [0.15, 0.2) is 42.5 Å². The lowest BCUT2D eigenvalue weighted by Crippen LogP contribution is -2.50. The SMILES string of the molecule is COc1ccc(CC(NC(C)=O)C(=O)N2CCCN(Cc3ccc(NC(C)=O)cc3)CC2)cc1OC. The van der Waals surface area contributed by atoms with Gasteiger partial charge in [0.1, 0.15) is 6.04 Å². The van der Waals surface area contributed by atoms with Crippen molar-refractivity contribution in [3.8, 4) is 11.5 Å². The second-order valence-electron chi connectivity index (χ2n) is 8.98. The molecule has 1 saturated heterocycles. The molecule has 0 saturated carbocycles. The van der Waals surface area contributed by atoms with E-state index in [1.165, 1.54) is 13.8 Å². The van der Waals surface area contributed by atoms with Gasteiger partial charge < -0.3 is 25.0 Å². The van der Waals surface area contributed by atoms with Crippen LogP contribution in [0.1, 0.15) is 31.4 Å². The summed E-state index contributed by atoms with van der Waals surface area (Å²) < 4.78 is 10.7. The quantitative estimate of drug-likeness (QED) is 0.553. The molecule has 0 spiro atoms. The maximum atomic E-state index is 13.5. The normalized spacial score (nSPS) is 14.9. The zero-order valence-electron chi connectivity index (χ0n) is 21.5. The molecule has 36 heavy (non-hydrogen) atoms. The van der Waals surface area contributed by atoms with Gasteiger partial charge in [-0.05, 0) is 41.8 Å². The molecule has 1 aliphatic rings. The predicted molar refractivity (Wildman–Crippen MR) is 138 cm³/mol. The van der Waals surface area contributed by atoms with Gasteiger partial charge >= 0.3 is 0 Å². The number of hydrogen-bond donors (Lipinski definition) is 2. The second-order valence-corrected chi connectivity index (χ2v) is 8.98. The lowest BCUT2D eigenvalue weighted by atomic mass is 10.0. The van der Waals surface area contributed by atoms with E-state index < -0.39 is 6.04 Å². The van der Waals surface area contributed by atoms with Crippen LogP contribution in [0.2, 0.25) is 0 Å². The highest BCUT2D eigenvalue weighted by Gasteiger charge is 2.27. The van der Waals surface area contributed by atoms with Gasteiger partial charge in [-0.2, -0.15) is 0 Å². The average Bonchev–Trinajstić information content (AvgIpc) is 3.09. The van der Waals surface area contributed by atoms with Crippen molar-refractivity contribution in [3.63, 3.8) is 0 Å². The number of carbonyl (C=O) groups excluding carboxylic acids is 3. The summed E-state index contributed by atoms with van der Waals surface area (Å²) in [5.41, 5.74) is 2.80. The van der Waals surface area contributed by atoms with Crippen LogP contribution in [0.3, 0.4) is 0 Å². The molecule has 9 heteroatoms. The number of methoxy groups -OCH3 is 2. The van der Waals surface area contributed by atoms with Gasteiger partial charge in [0.15, 0.2) is 11.5 Å². The molecule has 2 N–H and O–H groups in total. The summed E-state index contributed by atoms with van der Waals surface area (Å²) in [6.07, 6.45) is 1.21. The lowest BCUT2D eigenvalue weighted by molar-refractivity contribution is -0.136. The van der Waals surface area contributed by atoms with Crippen LogP contribution in [0.5, 0.6) is 11.5 Å². The minimum atomic E-state index is -0.659. The molecule has 0 aromatic heterocycles. The molecule has 3 rings (SSSR count).